The van der Waals surface area contributed by atoms with Gasteiger partial charge in [-0.15, -0.1) is 0 Å². The van der Waals surface area contributed by atoms with Crippen LogP contribution in [-0.4, -0.2) is 35.1 Å². The topological polar surface area (TPSA) is 40.5 Å². The zero-order chi connectivity index (χ0) is 9.97. The summed E-state index contributed by atoms with van der Waals surface area (Å²) in [6.07, 6.45) is 6.99. The van der Waals surface area contributed by atoms with E-state index >= 15 is 0 Å². The summed E-state index contributed by atoms with van der Waals surface area (Å²) in [7, 11) is 0. The second-order valence-electron chi connectivity index (χ2n) is 4.58. The average molecular weight is 197 g/mol. The molecule has 0 aromatic rings. The molecule has 2 atom stereocenters. The molecule has 0 spiro atoms. The lowest BCUT2D eigenvalue weighted by Gasteiger charge is -2.31. The number of likely N-dealkylation sites (tertiary alicyclic amines) is 1. The van der Waals surface area contributed by atoms with E-state index in [0.29, 0.717) is 12.5 Å². The molecule has 2 unspecified atom stereocenters. The first-order chi connectivity index (χ1) is 6.77. The Morgan fingerprint density at radius 2 is 2.07 bits per heavy atom. The highest BCUT2D eigenvalue weighted by Gasteiger charge is 2.35. The van der Waals surface area contributed by atoms with Crippen molar-refractivity contribution >= 4 is 5.97 Å². The predicted octanol–water partition coefficient (Wildman–Crippen LogP) is 1.73. The summed E-state index contributed by atoms with van der Waals surface area (Å²) < 4.78 is 0. The molecule has 0 amide bonds. The monoisotopic (exact) mass is 197 g/mol. The normalized spacial score (nSPS) is 32.9. The van der Waals surface area contributed by atoms with Crippen LogP contribution in [0.3, 0.4) is 0 Å². The Hall–Kier alpha value is -0.570. The van der Waals surface area contributed by atoms with Crippen molar-refractivity contribution in [3.63, 3.8) is 0 Å². The van der Waals surface area contributed by atoms with E-state index in [1.54, 1.807) is 0 Å². The molecule has 0 aromatic carbocycles. The van der Waals surface area contributed by atoms with Gasteiger partial charge in [-0.2, -0.15) is 0 Å². The molecule has 1 saturated carbocycles. The highest BCUT2D eigenvalue weighted by molar-refractivity contribution is 5.66. The summed E-state index contributed by atoms with van der Waals surface area (Å²) in [5, 5.41) is 8.64. The van der Waals surface area contributed by atoms with E-state index in [1.807, 2.05) is 0 Å². The molecule has 14 heavy (non-hydrogen) atoms. The van der Waals surface area contributed by atoms with Gasteiger partial charge in [0.2, 0.25) is 0 Å². The summed E-state index contributed by atoms with van der Waals surface area (Å²) in [6, 6.07) is 0.711. The predicted molar refractivity (Wildman–Crippen MR) is 54.2 cm³/mol. The Morgan fingerprint density at radius 3 is 2.86 bits per heavy atom. The van der Waals surface area contributed by atoms with Crippen LogP contribution in [0.25, 0.3) is 0 Å². The minimum Gasteiger partial charge on any atom is -0.481 e. The highest BCUT2D eigenvalue weighted by atomic mass is 16.4. The number of nitrogens with zero attached hydrogens (tertiary/aromatic N) is 1. The fraction of sp³-hybridized carbons (Fsp3) is 0.909. The van der Waals surface area contributed by atoms with E-state index in [2.05, 4.69) is 4.90 Å². The molecule has 0 aromatic heterocycles. The smallest absolute Gasteiger partial charge is 0.304 e. The fourth-order valence-corrected chi connectivity index (χ4v) is 3.02. The van der Waals surface area contributed by atoms with Crippen molar-refractivity contribution in [3.8, 4) is 0 Å². The zero-order valence-corrected chi connectivity index (χ0v) is 8.61. The number of hydrogen-bond acceptors (Lipinski definition) is 2. The van der Waals surface area contributed by atoms with Crippen molar-refractivity contribution in [2.24, 2.45) is 5.92 Å². The second-order valence-corrected chi connectivity index (χ2v) is 4.58. The zero-order valence-electron chi connectivity index (χ0n) is 8.61. The van der Waals surface area contributed by atoms with E-state index in [1.165, 1.54) is 32.1 Å². The molecule has 1 aliphatic heterocycles. The van der Waals surface area contributed by atoms with Crippen molar-refractivity contribution in [3.05, 3.63) is 0 Å². The molecule has 3 heteroatoms. The first kappa shape index (κ1) is 9.97. The van der Waals surface area contributed by atoms with Crippen LogP contribution in [0.1, 0.15) is 38.5 Å². The lowest BCUT2D eigenvalue weighted by atomic mass is 9.85. The van der Waals surface area contributed by atoms with Crippen LogP contribution in [0.5, 0.6) is 0 Å². The van der Waals surface area contributed by atoms with Crippen molar-refractivity contribution < 1.29 is 9.90 Å². The third kappa shape index (κ3) is 2.08. The van der Waals surface area contributed by atoms with Crippen LogP contribution in [0.2, 0.25) is 0 Å². The van der Waals surface area contributed by atoms with Gasteiger partial charge in [0.25, 0.3) is 0 Å². The van der Waals surface area contributed by atoms with Crippen LogP contribution in [0.15, 0.2) is 0 Å². The highest BCUT2D eigenvalue weighted by Crippen LogP contribution is 2.35. The molecule has 1 aliphatic carbocycles. The third-order valence-electron chi connectivity index (χ3n) is 3.74. The number of rotatable bonds is 3. The number of hydrogen-bond donors (Lipinski definition) is 1. The maximum Gasteiger partial charge on any atom is 0.304 e. The number of fused-ring (bicyclic) bond motifs is 1. The summed E-state index contributed by atoms with van der Waals surface area (Å²) in [6.45, 7) is 1.89. The molecule has 2 aliphatic rings. The van der Waals surface area contributed by atoms with Crippen LogP contribution in [-0.2, 0) is 4.79 Å². The molecule has 3 nitrogen and oxygen atoms in total. The molecule has 1 N–H and O–H groups in total. The minimum atomic E-state index is -0.663. The van der Waals surface area contributed by atoms with E-state index in [4.69, 9.17) is 5.11 Å². The summed E-state index contributed by atoms with van der Waals surface area (Å²) in [5.74, 6) is 0.210. The van der Waals surface area contributed by atoms with E-state index in [0.717, 1.165) is 19.0 Å². The number of carboxylic acid groups (broad SMARTS) is 1. The Kier molecular flexibility index (Phi) is 3.06. The SMILES string of the molecule is O=C(O)CCN1CCC2CCCCC21. The quantitative estimate of drug-likeness (QED) is 0.749. The Balaban J connectivity index is 1.84. The second kappa shape index (κ2) is 4.30. The number of carbonyl (C=O) groups is 1. The Labute approximate surface area is 85.1 Å². The number of carboxylic acids is 1. The van der Waals surface area contributed by atoms with E-state index in [9.17, 15) is 4.79 Å². The Morgan fingerprint density at radius 1 is 1.29 bits per heavy atom. The van der Waals surface area contributed by atoms with Gasteiger partial charge in [-0.25, -0.2) is 0 Å². The number of aliphatic carboxylic acids is 1. The third-order valence-corrected chi connectivity index (χ3v) is 3.74. The van der Waals surface area contributed by atoms with Crippen molar-refractivity contribution in [2.45, 2.75) is 44.6 Å². The average Bonchev–Trinajstić information content (AvgIpc) is 2.58. The standard InChI is InChI=1S/C11H19NO2/c13-11(14)6-8-12-7-5-9-3-1-2-4-10(9)12/h9-10H,1-8H2,(H,13,14). The first-order valence-electron chi connectivity index (χ1n) is 5.73. The minimum absolute atomic E-state index is 0.309. The van der Waals surface area contributed by atoms with Crippen LogP contribution < -0.4 is 0 Å². The van der Waals surface area contributed by atoms with E-state index in [-0.39, 0.29) is 0 Å². The lowest BCUT2D eigenvalue weighted by molar-refractivity contribution is -0.137. The van der Waals surface area contributed by atoms with Crippen LogP contribution in [0, 0.1) is 5.92 Å². The van der Waals surface area contributed by atoms with Gasteiger partial charge in [-0.1, -0.05) is 12.8 Å². The van der Waals surface area contributed by atoms with Gasteiger partial charge in [-0.05, 0) is 31.7 Å². The van der Waals surface area contributed by atoms with Gasteiger partial charge in [0, 0.05) is 12.6 Å². The van der Waals surface area contributed by atoms with E-state index < -0.39 is 5.97 Å². The lowest BCUT2D eigenvalue weighted by Crippen LogP contribution is -2.36. The van der Waals surface area contributed by atoms with Gasteiger partial charge < -0.3 is 5.11 Å². The van der Waals surface area contributed by atoms with Gasteiger partial charge >= 0.3 is 5.97 Å². The molecule has 0 bridgehead atoms. The summed E-state index contributed by atoms with van der Waals surface area (Å²) in [4.78, 5) is 12.9. The molecule has 0 radical (unpaired) electrons. The van der Waals surface area contributed by atoms with Crippen molar-refractivity contribution in [1.29, 1.82) is 0 Å². The molecular formula is C11H19NO2. The van der Waals surface area contributed by atoms with Crippen molar-refractivity contribution in [2.75, 3.05) is 13.1 Å². The largest absolute Gasteiger partial charge is 0.481 e. The fourth-order valence-electron chi connectivity index (χ4n) is 3.02. The van der Waals surface area contributed by atoms with Gasteiger partial charge in [0.1, 0.15) is 0 Å². The maximum absolute atomic E-state index is 10.5. The molecule has 2 rings (SSSR count). The first-order valence-corrected chi connectivity index (χ1v) is 5.73. The molecule has 1 saturated heterocycles. The molecular weight excluding hydrogens is 178 g/mol. The van der Waals surface area contributed by atoms with Crippen LogP contribution in [0.4, 0.5) is 0 Å². The Bertz CT molecular complexity index is 217. The van der Waals surface area contributed by atoms with Gasteiger partial charge in [0.05, 0.1) is 6.42 Å². The summed E-state index contributed by atoms with van der Waals surface area (Å²) >= 11 is 0. The molecule has 2 fully saturated rings. The van der Waals surface area contributed by atoms with Crippen molar-refractivity contribution in [1.82, 2.24) is 4.90 Å². The summed E-state index contributed by atoms with van der Waals surface area (Å²) in [5.41, 5.74) is 0. The molecule has 1 heterocycles. The van der Waals surface area contributed by atoms with Gasteiger partial charge in [-0.3, -0.25) is 9.69 Å². The molecule has 80 valence electrons. The van der Waals surface area contributed by atoms with Gasteiger partial charge in [0.15, 0.2) is 0 Å². The maximum atomic E-state index is 10.5. The van der Waals surface area contributed by atoms with Crippen LogP contribution >= 0.6 is 0 Å².